The molecule has 2 N–H and O–H groups in total. The summed E-state index contributed by atoms with van der Waals surface area (Å²) in [6.07, 6.45) is 4.98. The van der Waals surface area contributed by atoms with Crippen LogP contribution >= 0.6 is 11.8 Å². The Balaban J connectivity index is 2.02. The Bertz CT molecular complexity index is 335. The molecule has 19 heavy (non-hydrogen) atoms. The van der Waals surface area contributed by atoms with Crippen LogP contribution in [0.25, 0.3) is 0 Å². The van der Waals surface area contributed by atoms with Gasteiger partial charge < -0.3 is 15.3 Å². The van der Waals surface area contributed by atoms with Crippen LogP contribution < -0.4 is 5.32 Å². The summed E-state index contributed by atoms with van der Waals surface area (Å²) in [6, 6.07) is -0.204. The molecule has 0 spiro atoms. The normalized spacial score (nSPS) is 23.5. The molecular formula is C13H22N2O3S. The molecule has 0 unspecified atom stereocenters. The molecule has 1 saturated carbocycles. The van der Waals surface area contributed by atoms with Gasteiger partial charge in [-0.15, -0.1) is 0 Å². The van der Waals surface area contributed by atoms with E-state index in [1.54, 1.807) is 4.90 Å². The van der Waals surface area contributed by atoms with Crippen LogP contribution in [0, 0.1) is 0 Å². The van der Waals surface area contributed by atoms with Crippen molar-refractivity contribution in [2.75, 3.05) is 24.6 Å². The summed E-state index contributed by atoms with van der Waals surface area (Å²) in [5, 5.41) is 12.3. The lowest BCUT2D eigenvalue weighted by atomic mass is 9.90. The third kappa shape index (κ3) is 3.55. The van der Waals surface area contributed by atoms with Crippen molar-refractivity contribution in [2.24, 2.45) is 0 Å². The van der Waals surface area contributed by atoms with Crippen molar-refractivity contribution in [1.29, 1.82) is 0 Å². The van der Waals surface area contributed by atoms with E-state index in [1.165, 1.54) is 0 Å². The van der Waals surface area contributed by atoms with E-state index in [4.69, 9.17) is 0 Å². The van der Waals surface area contributed by atoms with E-state index >= 15 is 0 Å². The van der Waals surface area contributed by atoms with Gasteiger partial charge in [-0.1, -0.05) is 25.7 Å². The van der Waals surface area contributed by atoms with Crippen LogP contribution in [0.4, 0.5) is 4.79 Å². The number of aliphatic carboxylic acids is 1. The summed E-state index contributed by atoms with van der Waals surface area (Å²) in [5.74, 6) is 0.996. The molecule has 1 aliphatic carbocycles. The fraction of sp³-hybridized carbons (Fsp3) is 0.846. The summed E-state index contributed by atoms with van der Waals surface area (Å²) in [6.45, 7) is 1.43. The third-order valence-corrected chi connectivity index (χ3v) is 4.95. The Morgan fingerprint density at radius 3 is 2.16 bits per heavy atom. The topological polar surface area (TPSA) is 69.6 Å². The molecule has 0 aromatic carbocycles. The number of carboxylic acids is 1. The lowest BCUT2D eigenvalue weighted by molar-refractivity contribution is -0.145. The zero-order chi connectivity index (χ0) is 13.7. The van der Waals surface area contributed by atoms with Crippen molar-refractivity contribution in [2.45, 2.75) is 44.1 Å². The van der Waals surface area contributed by atoms with Crippen LogP contribution in [0.3, 0.4) is 0 Å². The number of thioether (sulfide) groups is 1. The molecule has 108 valence electrons. The van der Waals surface area contributed by atoms with Crippen molar-refractivity contribution in [3.8, 4) is 0 Å². The van der Waals surface area contributed by atoms with Gasteiger partial charge in [0.05, 0.1) is 0 Å². The first-order valence-electron chi connectivity index (χ1n) is 7.02. The van der Waals surface area contributed by atoms with Crippen LogP contribution in [0.15, 0.2) is 0 Å². The van der Waals surface area contributed by atoms with Gasteiger partial charge in [-0.3, -0.25) is 0 Å². The standard InChI is InChI=1S/C13H22N2O3S/c16-11(17)13(5-3-1-2-4-6-13)14-12(18)15-7-9-19-10-8-15/h1-10H2,(H,14,18)(H,16,17). The highest BCUT2D eigenvalue weighted by atomic mass is 32.2. The van der Waals surface area contributed by atoms with Crippen LogP contribution in [0.5, 0.6) is 0 Å². The van der Waals surface area contributed by atoms with E-state index in [0.29, 0.717) is 25.9 Å². The zero-order valence-electron chi connectivity index (χ0n) is 11.2. The quantitative estimate of drug-likeness (QED) is 0.761. The number of urea groups is 1. The summed E-state index contributed by atoms with van der Waals surface area (Å²) in [5.41, 5.74) is -1.04. The molecule has 2 aliphatic rings. The first-order valence-corrected chi connectivity index (χ1v) is 8.18. The zero-order valence-corrected chi connectivity index (χ0v) is 12.0. The summed E-state index contributed by atoms with van der Waals surface area (Å²) in [4.78, 5) is 25.6. The molecule has 0 aromatic heterocycles. The maximum Gasteiger partial charge on any atom is 0.329 e. The molecule has 1 heterocycles. The lowest BCUT2D eigenvalue weighted by Gasteiger charge is -2.34. The van der Waals surface area contributed by atoms with E-state index in [9.17, 15) is 14.7 Å². The van der Waals surface area contributed by atoms with Crippen LogP contribution in [-0.2, 0) is 4.79 Å². The number of hydrogen-bond donors (Lipinski definition) is 2. The van der Waals surface area contributed by atoms with E-state index in [-0.39, 0.29) is 6.03 Å². The molecule has 0 bridgehead atoms. The fourth-order valence-corrected chi connectivity index (χ4v) is 3.68. The molecule has 2 amide bonds. The Hall–Kier alpha value is -0.910. The van der Waals surface area contributed by atoms with Crippen molar-refractivity contribution in [3.05, 3.63) is 0 Å². The molecule has 1 saturated heterocycles. The molecule has 0 aromatic rings. The number of nitrogens with one attached hydrogen (secondary N) is 1. The average molecular weight is 286 g/mol. The molecule has 1 aliphatic heterocycles. The second-order valence-electron chi connectivity index (χ2n) is 5.33. The molecule has 0 radical (unpaired) electrons. The van der Waals surface area contributed by atoms with Crippen molar-refractivity contribution < 1.29 is 14.7 Å². The highest BCUT2D eigenvalue weighted by Gasteiger charge is 2.41. The predicted molar refractivity (Wildman–Crippen MR) is 75.5 cm³/mol. The highest BCUT2D eigenvalue weighted by molar-refractivity contribution is 7.99. The van der Waals surface area contributed by atoms with Crippen LogP contribution in [0.1, 0.15) is 38.5 Å². The third-order valence-electron chi connectivity index (χ3n) is 4.01. The number of carboxylic acid groups (broad SMARTS) is 1. The van der Waals surface area contributed by atoms with E-state index in [0.717, 1.165) is 37.2 Å². The van der Waals surface area contributed by atoms with Crippen molar-refractivity contribution in [3.63, 3.8) is 0 Å². The van der Waals surface area contributed by atoms with Gasteiger partial charge in [0.2, 0.25) is 0 Å². The Morgan fingerprint density at radius 2 is 1.63 bits per heavy atom. The smallest absolute Gasteiger partial charge is 0.329 e. The molecule has 5 nitrogen and oxygen atoms in total. The number of carbonyl (C=O) groups excluding carboxylic acids is 1. The average Bonchev–Trinajstić information content (AvgIpc) is 2.66. The molecule has 2 fully saturated rings. The Labute approximate surface area is 118 Å². The number of hydrogen-bond acceptors (Lipinski definition) is 3. The van der Waals surface area contributed by atoms with Gasteiger partial charge in [-0.05, 0) is 12.8 Å². The van der Waals surface area contributed by atoms with Gasteiger partial charge >= 0.3 is 12.0 Å². The van der Waals surface area contributed by atoms with Gasteiger partial charge in [0.25, 0.3) is 0 Å². The number of carbonyl (C=O) groups is 2. The van der Waals surface area contributed by atoms with Crippen molar-refractivity contribution >= 4 is 23.8 Å². The highest BCUT2D eigenvalue weighted by Crippen LogP contribution is 2.28. The minimum absolute atomic E-state index is 0.204. The number of nitrogens with zero attached hydrogens (tertiary/aromatic N) is 1. The van der Waals surface area contributed by atoms with E-state index < -0.39 is 11.5 Å². The predicted octanol–water partition coefficient (Wildman–Crippen LogP) is 1.92. The first-order chi connectivity index (χ1) is 9.14. The molecule has 2 rings (SSSR count). The monoisotopic (exact) mass is 286 g/mol. The molecule has 6 heteroatoms. The second-order valence-corrected chi connectivity index (χ2v) is 6.56. The lowest BCUT2D eigenvalue weighted by Crippen LogP contribution is -2.58. The van der Waals surface area contributed by atoms with Crippen LogP contribution in [-0.4, -0.2) is 52.1 Å². The summed E-state index contributed by atoms with van der Waals surface area (Å²) >= 11 is 1.83. The van der Waals surface area contributed by atoms with Gasteiger partial charge in [-0.2, -0.15) is 11.8 Å². The maximum atomic E-state index is 12.2. The van der Waals surface area contributed by atoms with Gasteiger partial charge in [-0.25, -0.2) is 9.59 Å². The first kappa shape index (κ1) is 14.5. The second kappa shape index (κ2) is 6.50. The van der Waals surface area contributed by atoms with Gasteiger partial charge in [0, 0.05) is 24.6 Å². The maximum absolute atomic E-state index is 12.2. The van der Waals surface area contributed by atoms with Crippen molar-refractivity contribution in [1.82, 2.24) is 10.2 Å². The molecule has 0 atom stereocenters. The Morgan fingerprint density at radius 1 is 1.05 bits per heavy atom. The minimum Gasteiger partial charge on any atom is -0.480 e. The SMILES string of the molecule is O=C(NC1(C(=O)O)CCCCCC1)N1CCSCC1. The fourth-order valence-electron chi connectivity index (χ4n) is 2.77. The number of amides is 2. The van der Waals surface area contributed by atoms with Gasteiger partial charge in [0.15, 0.2) is 0 Å². The largest absolute Gasteiger partial charge is 0.480 e. The summed E-state index contributed by atoms with van der Waals surface area (Å²) < 4.78 is 0. The van der Waals surface area contributed by atoms with Gasteiger partial charge in [0.1, 0.15) is 5.54 Å². The summed E-state index contributed by atoms with van der Waals surface area (Å²) in [7, 11) is 0. The molecular weight excluding hydrogens is 264 g/mol. The van der Waals surface area contributed by atoms with Crippen LogP contribution in [0.2, 0.25) is 0 Å². The minimum atomic E-state index is -1.04. The number of rotatable bonds is 2. The van der Waals surface area contributed by atoms with E-state index in [1.807, 2.05) is 11.8 Å². The Kier molecular flexibility index (Phi) is 4.96. The van der Waals surface area contributed by atoms with E-state index in [2.05, 4.69) is 5.32 Å².